The van der Waals surface area contributed by atoms with Crippen LogP contribution in [0.2, 0.25) is 0 Å². The summed E-state index contributed by atoms with van der Waals surface area (Å²) < 4.78 is 5.25. The maximum Gasteiger partial charge on any atom is 0.243 e. The van der Waals surface area contributed by atoms with Crippen molar-refractivity contribution in [2.24, 2.45) is 0 Å². The number of fused-ring (bicyclic) bond motifs is 1. The van der Waals surface area contributed by atoms with E-state index in [1.807, 2.05) is 31.2 Å². The predicted molar refractivity (Wildman–Crippen MR) is 122 cm³/mol. The fourth-order valence-electron chi connectivity index (χ4n) is 3.55. The Kier molecular flexibility index (Phi) is 6.76. The number of ether oxygens (including phenoxy) is 1. The first-order valence-electron chi connectivity index (χ1n) is 10.2. The lowest BCUT2D eigenvalue weighted by atomic mass is 9.86. The number of rotatable bonds is 6. The summed E-state index contributed by atoms with van der Waals surface area (Å²) in [5.74, 6) is 0.928. The van der Waals surface area contributed by atoms with Crippen LogP contribution in [0.25, 0.3) is 0 Å². The van der Waals surface area contributed by atoms with Crippen LogP contribution in [0.1, 0.15) is 45.2 Å². The zero-order valence-corrected chi connectivity index (χ0v) is 19.1. The largest absolute Gasteiger partial charge is 0.497 e. The van der Waals surface area contributed by atoms with Crippen molar-refractivity contribution in [1.29, 1.82) is 0 Å². The Hall–Kier alpha value is -2.47. The number of thioether (sulfide) groups is 1. The monoisotopic (exact) mass is 426 g/mol. The third-order valence-corrected chi connectivity index (χ3v) is 6.35. The molecule has 0 fully saturated rings. The van der Waals surface area contributed by atoms with Crippen molar-refractivity contribution in [1.82, 2.24) is 5.32 Å². The molecule has 0 aliphatic carbocycles. The van der Waals surface area contributed by atoms with Gasteiger partial charge in [-0.05, 0) is 47.2 Å². The van der Waals surface area contributed by atoms with E-state index in [2.05, 4.69) is 44.3 Å². The van der Waals surface area contributed by atoms with Crippen molar-refractivity contribution in [3.05, 3.63) is 53.6 Å². The van der Waals surface area contributed by atoms with E-state index in [4.69, 9.17) is 4.74 Å². The topological polar surface area (TPSA) is 58.6 Å². The second kappa shape index (κ2) is 9.13. The highest BCUT2D eigenvalue weighted by Gasteiger charge is 2.34. The second-order valence-electron chi connectivity index (χ2n) is 8.48. The molecule has 1 aliphatic heterocycles. The summed E-state index contributed by atoms with van der Waals surface area (Å²) in [4.78, 5) is 28.7. The minimum Gasteiger partial charge on any atom is -0.497 e. The van der Waals surface area contributed by atoms with E-state index < -0.39 is 6.04 Å². The van der Waals surface area contributed by atoms with Crippen LogP contribution in [0, 0.1) is 0 Å². The number of anilines is 1. The molecule has 2 amide bonds. The van der Waals surface area contributed by atoms with Gasteiger partial charge >= 0.3 is 0 Å². The summed E-state index contributed by atoms with van der Waals surface area (Å²) in [6.07, 6.45) is 0.541. The Bertz CT molecular complexity index is 936. The van der Waals surface area contributed by atoms with Crippen LogP contribution in [0.4, 0.5) is 5.69 Å². The van der Waals surface area contributed by atoms with E-state index in [9.17, 15) is 9.59 Å². The zero-order valence-electron chi connectivity index (χ0n) is 18.3. The van der Waals surface area contributed by atoms with E-state index in [1.54, 1.807) is 12.0 Å². The Morgan fingerprint density at radius 3 is 2.67 bits per heavy atom. The first-order chi connectivity index (χ1) is 14.2. The summed E-state index contributed by atoms with van der Waals surface area (Å²) in [5, 5.41) is 3.00. The van der Waals surface area contributed by atoms with Gasteiger partial charge in [-0.25, -0.2) is 0 Å². The molecule has 0 bridgehead atoms. The molecule has 6 heteroatoms. The fraction of sp³-hybridized carbons (Fsp3) is 0.417. The molecule has 3 rings (SSSR count). The maximum absolute atomic E-state index is 13.1. The van der Waals surface area contributed by atoms with Crippen LogP contribution < -0.4 is 15.0 Å². The molecule has 160 valence electrons. The Labute approximate surface area is 183 Å². The van der Waals surface area contributed by atoms with Crippen LogP contribution in [-0.4, -0.2) is 30.7 Å². The number of benzene rings is 2. The van der Waals surface area contributed by atoms with Gasteiger partial charge in [0, 0.05) is 11.4 Å². The lowest BCUT2D eigenvalue weighted by molar-refractivity contribution is -0.126. The van der Waals surface area contributed by atoms with Crippen LogP contribution in [0.3, 0.4) is 0 Å². The predicted octanol–water partition coefficient (Wildman–Crippen LogP) is 4.53. The first kappa shape index (κ1) is 22.2. The molecule has 0 radical (unpaired) electrons. The van der Waals surface area contributed by atoms with Crippen molar-refractivity contribution in [3.63, 3.8) is 0 Å². The van der Waals surface area contributed by atoms with Crippen LogP contribution in [-0.2, 0) is 21.5 Å². The van der Waals surface area contributed by atoms with Crippen LogP contribution in [0.5, 0.6) is 5.75 Å². The van der Waals surface area contributed by atoms with Gasteiger partial charge in [0.1, 0.15) is 11.8 Å². The van der Waals surface area contributed by atoms with Crippen LogP contribution >= 0.6 is 11.8 Å². The summed E-state index contributed by atoms with van der Waals surface area (Å²) >= 11 is 1.54. The van der Waals surface area contributed by atoms with Gasteiger partial charge in [0.25, 0.3) is 0 Å². The summed E-state index contributed by atoms with van der Waals surface area (Å²) in [7, 11) is 1.62. The Morgan fingerprint density at radius 2 is 2.00 bits per heavy atom. The average molecular weight is 427 g/mol. The molecule has 2 aromatic rings. The third kappa shape index (κ3) is 4.81. The van der Waals surface area contributed by atoms with Gasteiger partial charge in [-0.2, -0.15) is 0 Å². The molecule has 0 saturated carbocycles. The van der Waals surface area contributed by atoms with Gasteiger partial charge in [-0.1, -0.05) is 45.9 Å². The number of nitrogens with zero attached hydrogens (tertiary/aromatic N) is 1. The summed E-state index contributed by atoms with van der Waals surface area (Å²) in [5.41, 5.74) is 2.90. The minimum atomic E-state index is -0.544. The summed E-state index contributed by atoms with van der Waals surface area (Å²) in [6, 6.07) is 13.3. The number of amides is 2. The molecule has 30 heavy (non-hydrogen) atoms. The van der Waals surface area contributed by atoms with E-state index in [1.165, 1.54) is 11.8 Å². The molecule has 0 unspecified atom stereocenters. The number of carbonyl (C=O) groups is 2. The Balaban J connectivity index is 1.85. The Morgan fingerprint density at radius 1 is 1.23 bits per heavy atom. The van der Waals surface area contributed by atoms with Crippen molar-refractivity contribution < 1.29 is 14.3 Å². The van der Waals surface area contributed by atoms with Crippen molar-refractivity contribution in [3.8, 4) is 5.75 Å². The van der Waals surface area contributed by atoms with E-state index >= 15 is 0 Å². The average Bonchev–Trinajstić information content (AvgIpc) is 2.73. The quantitative estimate of drug-likeness (QED) is 0.737. The lowest BCUT2D eigenvalue weighted by Gasteiger charge is -2.35. The SMILES string of the molecule is CC[C@H](C(=O)NCc1cccc(OC)c1)N1C(=O)CSc2ccc(C(C)(C)C)cc21. The maximum atomic E-state index is 13.1. The van der Waals surface area contributed by atoms with Crippen LogP contribution in [0.15, 0.2) is 47.4 Å². The van der Waals surface area contributed by atoms with Gasteiger partial charge in [-0.3, -0.25) is 14.5 Å². The van der Waals surface area contributed by atoms with Crippen molar-refractivity contribution >= 4 is 29.3 Å². The smallest absolute Gasteiger partial charge is 0.243 e. The highest BCUT2D eigenvalue weighted by atomic mass is 32.2. The fourth-order valence-corrected chi connectivity index (χ4v) is 4.44. The van der Waals surface area contributed by atoms with Gasteiger partial charge in [-0.15, -0.1) is 11.8 Å². The molecule has 0 saturated heterocycles. The van der Waals surface area contributed by atoms with Gasteiger partial charge in [0.15, 0.2) is 0 Å². The number of methoxy groups -OCH3 is 1. The summed E-state index contributed by atoms with van der Waals surface area (Å²) in [6.45, 7) is 8.77. The number of carbonyl (C=O) groups excluding carboxylic acids is 2. The second-order valence-corrected chi connectivity index (χ2v) is 9.50. The number of hydrogen-bond acceptors (Lipinski definition) is 4. The molecule has 2 aromatic carbocycles. The molecule has 5 nitrogen and oxygen atoms in total. The van der Waals surface area contributed by atoms with Gasteiger partial charge < -0.3 is 10.1 Å². The normalized spacial score (nSPS) is 14.8. The minimum absolute atomic E-state index is 0.0260. The third-order valence-electron chi connectivity index (χ3n) is 5.31. The van der Waals surface area contributed by atoms with E-state index in [0.717, 1.165) is 27.5 Å². The number of hydrogen-bond donors (Lipinski definition) is 1. The molecular formula is C24H30N2O3S. The zero-order chi connectivity index (χ0) is 21.9. The van der Waals surface area contributed by atoms with E-state index in [0.29, 0.717) is 18.7 Å². The first-order valence-corrected chi connectivity index (χ1v) is 11.2. The van der Waals surface area contributed by atoms with E-state index in [-0.39, 0.29) is 17.2 Å². The highest BCUT2D eigenvalue weighted by molar-refractivity contribution is 8.00. The highest BCUT2D eigenvalue weighted by Crippen LogP contribution is 2.39. The molecule has 0 spiro atoms. The molecule has 1 aliphatic rings. The molecule has 1 N–H and O–H groups in total. The standard InChI is InChI=1S/C24H30N2O3S/c1-6-19(23(28)25-14-16-8-7-9-18(12-16)29-5)26-20-13-17(24(2,3)4)10-11-21(20)30-15-22(26)27/h7-13,19H,6,14-15H2,1-5H3,(H,25,28)/t19-/m1/s1. The van der Waals surface area contributed by atoms with Gasteiger partial charge in [0.05, 0.1) is 18.6 Å². The molecule has 1 heterocycles. The molecular weight excluding hydrogens is 396 g/mol. The van der Waals surface area contributed by atoms with Gasteiger partial charge in [0.2, 0.25) is 11.8 Å². The lowest BCUT2D eigenvalue weighted by Crippen LogP contribution is -2.51. The molecule has 1 atom stereocenters. The number of nitrogens with one attached hydrogen (secondary N) is 1. The van der Waals surface area contributed by atoms with Crippen molar-refractivity contribution in [2.45, 2.75) is 57.0 Å². The molecule has 0 aromatic heterocycles. The van der Waals surface area contributed by atoms with Crippen molar-refractivity contribution in [2.75, 3.05) is 17.8 Å².